The number of methoxy groups -OCH3 is 4. The summed E-state index contributed by atoms with van der Waals surface area (Å²) in [5, 5.41) is 0. The summed E-state index contributed by atoms with van der Waals surface area (Å²) < 4.78 is 18.8. The second kappa shape index (κ2) is 11.7. The highest BCUT2D eigenvalue weighted by atomic mass is 32.2. The van der Waals surface area contributed by atoms with Crippen molar-refractivity contribution in [2.75, 3.05) is 33.3 Å². The second-order valence-corrected chi connectivity index (χ2v) is 14.5. The highest BCUT2D eigenvalue weighted by Crippen LogP contribution is 2.71. The lowest BCUT2D eigenvalue weighted by molar-refractivity contribution is -0.138. The summed E-state index contributed by atoms with van der Waals surface area (Å²) in [4.78, 5) is 69.3. The van der Waals surface area contributed by atoms with Crippen LogP contribution in [0.4, 0.5) is 5.69 Å². The fourth-order valence-corrected chi connectivity index (χ4v) is 10.3. The number of hydrogen-bond donors (Lipinski definition) is 0. The molecule has 10 nitrogen and oxygen atoms in total. The molecule has 0 saturated heterocycles. The van der Waals surface area contributed by atoms with Crippen LogP contribution in [-0.4, -0.2) is 67.8 Å². The number of esters is 4. The van der Waals surface area contributed by atoms with E-state index in [4.69, 9.17) is 18.9 Å². The van der Waals surface area contributed by atoms with Gasteiger partial charge in [-0.15, -0.1) is 0 Å². The van der Waals surface area contributed by atoms with Gasteiger partial charge in [-0.1, -0.05) is 49.1 Å². The van der Waals surface area contributed by atoms with E-state index in [1.54, 1.807) is 4.90 Å². The Hall–Kier alpha value is -3.16. The van der Waals surface area contributed by atoms with Crippen molar-refractivity contribution in [3.05, 3.63) is 54.0 Å². The van der Waals surface area contributed by atoms with Crippen LogP contribution < -0.4 is 4.90 Å². The zero-order valence-electron chi connectivity index (χ0n) is 25.6. The average molecular weight is 648 g/mol. The lowest BCUT2D eigenvalue weighted by Gasteiger charge is -2.51. The van der Waals surface area contributed by atoms with Crippen molar-refractivity contribution >= 4 is 76.3 Å². The highest BCUT2D eigenvalue weighted by Gasteiger charge is 2.61. The molecule has 3 aliphatic rings. The molecule has 0 N–H and O–H groups in total. The molecule has 1 amide bonds. The van der Waals surface area contributed by atoms with Crippen LogP contribution in [0.2, 0.25) is 0 Å². The van der Waals surface area contributed by atoms with Crippen molar-refractivity contribution in [3.63, 3.8) is 0 Å². The van der Waals surface area contributed by atoms with Crippen LogP contribution in [0.3, 0.4) is 0 Å². The van der Waals surface area contributed by atoms with Gasteiger partial charge >= 0.3 is 23.9 Å². The molecule has 0 bridgehead atoms. The number of rotatable bonds is 5. The molecular formula is C30H33NO9S3. The van der Waals surface area contributed by atoms with Gasteiger partial charge in [0.2, 0.25) is 5.91 Å². The van der Waals surface area contributed by atoms with Crippen molar-refractivity contribution in [3.8, 4) is 0 Å². The van der Waals surface area contributed by atoms with Gasteiger partial charge in [-0.2, -0.15) is 0 Å². The van der Waals surface area contributed by atoms with E-state index in [-0.39, 0.29) is 32.1 Å². The van der Waals surface area contributed by atoms with E-state index in [1.165, 1.54) is 28.4 Å². The SMILES string of the molecule is COC(=O)C1=C(C(=O)OC)SC2(S1)C(C(=O)OC)=C(C(=O)OC)SC1=C2c2cc(C)c(C)cc2N(C(=O)C(C)C)C1(C)C. The number of carbonyl (C=O) groups excluding carboxylic acids is 5. The third-order valence-corrected chi connectivity index (χ3v) is 12.1. The van der Waals surface area contributed by atoms with Crippen molar-refractivity contribution in [2.24, 2.45) is 5.92 Å². The number of amides is 1. The number of fused-ring (bicyclic) bond motifs is 3. The largest absolute Gasteiger partial charge is 0.466 e. The third-order valence-electron chi connectivity index (χ3n) is 7.47. The van der Waals surface area contributed by atoms with Crippen LogP contribution in [0.25, 0.3) is 5.57 Å². The van der Waals surface area contributed by atoms with E-state index >= 15 is 0 Å². The van der Waals surface area contributed by atoms with Crippen LogP contribution in [0.5, 0.6) is 0 Å². The Bertz CT molecular complexity index is 1540. The van der Waals surface area contributed by atoms with E-state index in [2.05, 4.69) is 0 Å². The number of anilines is 1. The maximum absolute atomic E-state index is 13.9. The van der Waals surface area contributed by atoms with Gasteiger partial charge in [-0.3, -0.25) is 4.79 Å². The smallest absolute Gasteiger partial charge is 0.345 e. The van der Waals surface area contributed by atoms with E-state index in [0.717, 1.165) is 46.4 Å². The van der Waals surface area contributed by atoms with E-state index in [9.17, 15) is 24.0 Å². The summed E-state index contributed by atoms with van der Waals surface area (Å²) >= 11 is 2.83. The maximum atomic E-state index is 13.9. The number of aryl methyl sites for hydroxylation is 2. The molecule has 1 spiro atoms. The Balaban J connectivity index is 2.21. The van der Waals surface area contributed by atoms with Gasteiger partial charge in [0, 0.05) is 22.0 Å². The Morgan fingerprint density at radius 2 is 1.21 bits per heavy atom. The molecule has 0 atom stereocenters. The number of carbonyl (C=O) groups is 5. The maximum Gasteiger partial charge on any atom is 0.345 e. The Kier molecular flexibility index (Phi) is 8.94. The zero-order chi connectivity index (χ0) is 32.2. The summed E-state index contributed by atoms with van der Waals surface area (Å²) in [6.45, 7) is 11.2. The lowest BCUT2D eigenvalue weighted by Crippen LogP contribution is -2.55. The first-order valence-corrected chi connectivity index (χ1v) is 15.7. The van der Waals surface area contributed by atoms with Gasteiger partial charge in [0.1, 0.15) is 18.8 Å². The summed E-state index contributed by atoms with van der Waals surface area (Å²) in [5.74, 6) is -3.80. The van der Waals surface area contributed by atoms with Gasteiger partial charge in [0.25, 0.3) is 0 Å². The normalized spacial score (nSPS) is 18.4. The predicted molar refractivity (Wildman–Crippen MR) is 167 cm³/mol. The summed E-state index contributed by atoms with van der Waals surface area (Å²) in [6.07, 6.45) is 0. The molecule has 0 radical (unpaired) electrons. The average Bonchev–Trinajstić information content (AvgIpc) is 3.36. The van der Waals surface area contributed by atoms with E-state index in [1.807, 2.05) is 53.7 Å². The Morgan fingerprint density at radius 3 is 1.67 bits per heavy atom. The summed E-state index contributed by atoms with van der Waals surface area (Å²) in [6, 6.07) is 3.84. The molecule has 0 unspecified atom stereocenters. The standard InChI is InChI=1S/C30H33NO9S3/c1-13(2)24(32)31-17-12-15(4)14(3)11-16(17)18-23(29(31,5)6)41-20(26(34)38-8)19(25(33)37-7)30(18)42-21(27(35)39-9)22(43-30)28(36)40-10/h11-13H,1-10H3. The minimum atomic E-state index is -1.61. The van der Waals surface area contributed by atoms with Crippen LogP contribution >= 0.6 is 35.3 Å². The molecule has 0 aliphatic carbocycles. The molecule has 13 heteroatoms. The van der Waals surface area contributed by atoms with Gasteiger partial charge < -0.3 is 23.8 Å². The summed E-state index contributed by atoms with van der Waals surface area (Å²) in [5.41, 5.74) is 2.45. The first-order chi connectivity index (χ1) is 20.1. The zero-order valence-corrected chi connectivity index (χ0v) is 28.0. The van der Waals surface area contributed by atoms with Crippen molar-refractivity contribution < 1.29 is 42.9 Å². The van der Waals surface area contributed by atoms with Crippen molar-refractivity contribution in [2.45, 2.75) is 51.2 Å². The Morgan fingerprint density at radius 1 is 0.744 bits per heavy atom. The number of nitrogens with zero attached hydrogens (tertiary/aromatic N) is 1. The van der Waals surface area contributed by atoms with Gasteiger partial charge in [-0.05, 0) is 51.0 Å². The third kappa shape index (κ3) is 4.98. The second-order valence-electron chi connectivity index (χ2n) is 10.8. The first-order valence-electron chi connectivity index (χ1n) is 13.2. The van der Waals surface area contributed by atoms with Crippen LogP contribution in [0.15, 0.2) is 37.3 Å². The molecule has 0 aromatic heterocycles. The topological polar surface area (TPSA) is 126 Å². The van der Waals surface area contributed by atoms with Gasteiger partial charge in [0.15, 0.2) is 0 Å². The number of hydrogen-bond acceptors (Lipinski definition) is 12. The first kappa shape index (κ1) is 32.7. The lowest BCUT2D eigenvalue weighted by atomic mass is 9.81. The van der Waals surface area contributed by atoms with Crippen LogP contribution in [0.1, 0.15) is 44.4 Å². The van der Waals surface area contributed by atoms with E-state index in [0.29, 0.717) is 21.7 Å². The van der Waals surface area contributed by atoms with Crippen LogP contribution in [-0.2, 0) is 42.9 Å². The number of benzene rings is 1. The van der Waals surface area contributed by atoms with Crippen LogP contribution in [0, 0.1) is 19.8 Å². The molecule has 43 heavy (non-hydrogen) atoms. The molecule has 0 fully saturated rings. The minimum Gasteiger partial charge on any atom is -0.466 e. The van der Waals surface area contributed by atoms with Gasteiger partial charge in [-0.25, -0.2) is 19.2 Å². The predicted octanol–water partition coefficient (Wildman–Crippen LogP) is 4.88. The Labute approximate surface area is 262 Å². The number of thioether (sulfide) groups is 3. The molecule has 3 heterocycles. The van der Waals surface area contributed by atoms with Crippen molar-refractivity contribution in [1.82, 2.24) is 0 Å². The molecular weight excluding hydrogens is 615 g/mol. The van der Waals surface area contributed by atoms with Crippen molar-refractivity contribution in [1.29, 1.82) is 0 Å². The molecule has 1 aromatic rings. The number of ether oxygens (including phenoxy) is 4. The molecule has 0 saturated carbocycles. The summed E-state index contributed by atoms with van der Waals surface area (Å²) in [7, 11) is 4.73. The monoisotopic (exact) mass is 647 g/mol. The van der Waals surface area contributed by atoms with Gasteiger partial charge in [0.05, 0.1) is 45.2 Å². The quantitative estimate of drug-likeness (QED) is 0.320. The fraction of sp³-hybridized carbons (Fsp3) is 0.433. The molecule has 4 rings (SSSR count). The highest BCUT2D eigenvalue weighted by molar-refractivity contribution is 8.26. The molecule has 3 aliphatic heterocycles. The fourth-order valence-electron chi connectivity index (χ4n) is 5.22. The molecule has 1 aromatic carbocycles. The van der Waals surface area contributed by atoms with E-state index < -0.39 is 33.5 Å². The molecule has 230 valence electrons. The minimum absolute atomic E-state index is 0.0827.